The van der Waals surface area contributed by atoms with E-state index in [9.17, 15) is 0 Å². The molecule has 38 heavy (non-hydrogen) atoms. The van der Waals surface area contributed by atoms with Gasteiger partial charge in [-0.1, -0.05) is 131 Å². The van der Waals surface area contributed by atoms with E-state index in [0.717, 1.165) is 42.5 Å². The third kappa shape index (κ3) is 4.34. The Morgan fingerprint density at radius 2 is 1.24 bits per heavy atom. The monoisotopic (exact) mass is 640 g/mol. The smallest absolute Gasteiger partial charge is 0.144 e. The highest BCUT2D eigenvalue weighted by Crippen LogP contribution is 2.43. The predicted octanol–water partition coefficient (Wildman–Crippen LogP) is 8.57. The number of halogens is 2. The minimum absolute atomic E-state index is 0.574. The molecule has 186 valence electrons. The van der Waals surface area contributed by atoms with Crippen LogP contribution in [0.4, 0.5) is 0 Å². The van der Waals surface area contributed by atoms with E-state index >= 15 is 0 Å². The zero-order chi connectivity index (χ0) is 26.0. The lowest BCUT2D eigenvalue weighted by Gasteiger charge is -2.34. The van der Waals surface area contributed by atoms with E-state index in [4.69, 9.17) is 10.3 Å². The van der Waals surface area contributed by atoms with E-state index in [1.165, 1.54) is 5.56 Å². The molecular formula is C31H22Br2N4S. The molecule has 0 aliphatic heterocycles. The summed E-state index contributed by atoms with van der Waals surface area (Å²) in [5.41, 5.74) is 6.71. The van der Waals surface area contributed by atoms with Gasteiger partial charge >= 0.3 is 0 Å². The number of hydrogen-bond acceptors (Lipinski definition) is 4. The maximum atomic E-state index is 5.10. The first kappa shape index (κ1) is 24.9. The summed E-state index contributed by atoms with van der Waals surface area (Å²) in [4.78, 5) is 1.77. The van der Waals surface area contributed by atoms with Crippen molar-refractivity contribution in [3.05, 3.63) is 147 Å². The third-order valence-corrected chi connectivity index (χ3v) is 9.05. The van der Waals surface area contributed by atoms with Crippen LogP contribution in [-0.4, -0.2) is 20.2 Å². The zero-order valence-corrected chi connectivity index (χ0v) is 24.2. The summed E-state index contributed by atoms with van der Waals surface area (Å²) in [5, 5.41) is 17.4. The first-order valence-electron chi connectivity index (χ1n) is 12.1. The standard InChI is InChI=1S/C31H22Br2N4S/c32-20-22-16-18-23(19-17-22)27-21-38-29(33)28(27)30-34-36-37(35-30)31(24-10-4-1-5-11-24,25-12-6-2-7-13-25)26-14-8-3-9-15-26/h1-19,21H,20H2. The quantitative estimate of drug-likeness (QED) is 0.130. The number of aromatic nitrogens is 4. The molecule has 0 radical (unpaired) electrons. The molecule has 2 heterocycles. The molecule has 0 aliphatic carbocycles. The highest BCUT2D eigenvalue weighted by Gasteiger charge is 2.41. The topological polar surface area (TPSA) is 43.6 Å². The maximum absolute atomic E-state index is 5.10. The van der Waals surface area contributed by atoms with Gasteiger partial charge in [0.25, 0.3) is 0 Å². The third-order valence-electron chi connectivity index (χ3n) is 6.68. The summed E-state index contributed by atoms with van der Waals surface area (Å²) in [6.07, 6.45) is 0. The zero-order valence-electron chi connectivity index (χ0n) is 20.2. The molecule has 7 heteroatoms. The maximum Gasteiger partial charge on any atom is 0.207 e. The van der Waals surface area contributed by atoms with E-state index in [1.807, 2.05) is 18.2 Å². The molecule has 6 aromatic rings. The van der Waals surface area contributed by atoms with E-state index in [1.54, 1.807) is 16.1 Å². The van der Waals surface area contributed by atoms with Crippen molar-refractivity contribution >= 4 is 43.2 Å². The number of tetrazole rings is 1. The molecule has 6 rings (SSSR count). The number of thiophene rings is 1. The van der Waals surface area contributed by atoms with E-state index in [2.05, 4.69) is 139 Å². The number of nitrogens with zero attached hydrogens (tertiary/aromatic N) is 4. The van der Waals surface area contributed by atoms with Gasteiger partial charge in [0.1, 0.15) is 0 Å². The summed E-state index contributed by atoms with van der Waals surface area (Å²) in [6, 6.07) is 39.7. The molecule has 4 nitrogen and oxygen atoms in total. The predicted molar refractivity (Wildman–Crippen MR) is 162 cm³/mol. The van der Waals surface area contributed by atoms with Gasteiger partial charge in [-0.05, 0) is 49.0 Å². The Balaban J connectivity index is 1.58. The van der Waals surface area contributed by atoms with Crippen LogP contribution < -0.4 is 0 Å². The molecule has 0 amide bonds. The summed E-state index contributed by atoms with van der Waals surface area (Å²) < 4.78 is 0.973. The Labute approximate surface area is 242 Å². The van der Waals surface area contributed by atoms with Crippen LogP contribution in [-0.2, 0) is 10.9 Å². The molecular weight excluding hydrogens is 620 g/mol. The molecule has 0 bridgehead atoms. The molecule has 0 atom stereocenters. The van der Waals surface area contributed by atoms with Crippen LogP contribution in [0.2, 0.25) is 0 Å². The molecule has 0 saturated heterocycles. The molecule has 0 N–H and O–H groups in total. The number of rotatable bonds is 7. The summed E-state index contributed by atoms with van der Waals surface area (Å²) in [7, 11) is 0. The summed E-state index contributed by atoms with van der Waals surface area (Å²) in [5.74, 6) is 0.574. The van der Waals surface area contributed by atoms with Crippen LogP contribution in [0.3, 0.4) is 0 Å². The van der Waals surface area contributed by atoms with E-state index < -0.39 is 5.54 Å². The second-order valence-corrected chi connectivity index (χ2v) is 11.6. The summed E-state index contributed by atoms with van der Waals surface area (Å²) >= 11 is 8.93. The van der Waals surface area contributed by atoms with Crippen LogP contribution in [0.25, 0.3) is 22.5 Å². The Morgan fingerprint density at radius 3 is 1.74 bits per heavy atom. The summed E-state index contributed by atoms with van der Waals surface area (Å²) in [6.45, 7) is 0. The molecule has 4 aromatic carbocycles. The minimum Gasteiger partial charge on any atom is -0.144 e. The van der Waals surface area contributed by atoms with Crippen molar-refractivity contribution in [3.63, 3.8) is 0 Å². The molecule has 0 aliphatic rings. The fraction of sp³-hybridized carbons (Fsp3) is 0.0645. The van der Waals surface area contributed by atoms with Crippen LogP contribution >= 0.6 is 43.2 Å². The van der Waals surface area contributed by atoms with Crippen molar-refractivity contribution in [1.82, 2.24) is 20.2 Å². The highest BCUT2D eigenvalue weighted by atomic mass is 79.9. The van der Waals surface area contributed by atoms with Gasteiger partial charge in [0.2, 0.25) is 5.82 Å². The Bertz CT molecular complexity index is 1550. The Morgan fingerprint density at radius 1 is 0.711 bits per heavy atom. The van der Waals surface area contributed by atoms with Crippen LogP contribution in [0.1, 0.15) is 22.3 Å². The molecule has 0 unspecified atom stereocenters. The highest BCUT2D eigenvalue weighted by molar-refractivity contribution is 9.11. The van der Waals surface area contributed by atoms with Crippen LogP contribution in [0.5, 0.6) is 0 Å². The second kappa shape index (κ2) is 10.8. The van der Waals surface area contributed by atoms with Gasteiger partial charge in [0.05, 0.1) is 9.35 Å². The van der Waals surface area contributed by atoms with Crippen molar-refractivity contribution in [2.45, 2.75) is 10.9 Å². The fourth-order valence-corrected chi connectivity index (χ4v) is 6.71. The van der Waals surface area contributed by atoms with E-state index in [0.29, 0.717) is 5.82 Å². The molecule has 0 fully saturated rings. The van der Waals surface area contributed by atoms with Gasteiger partial charge in [-0.2, -0.15) is 0 Å². The first-order chi connectivity index (χ1) is 18.7. The van der Waals surface area contributed by atoms with E-state index in [-0.39, 0.29) is 0 Å². The minimum atomic E-state index is -0.810. The van der Waals surface area contributed by atoms with Crippen LogP contribution in [0, 0.1) is 0 Å². The molecule has 0 spiro atoms. The first-order valence-corrected chi connectivity index (χ1v) is 14.9. The lowest BCUT2D eigenvalue weighted by atomic mass is 9.77. The average Bonchev–Trinajstić information content (AvgIpc) is 3.62. The molecule has 0 saturated carbocycles. The lowest BCUT2D eigenvalue weighted by Crippen LogP contribution is -2.39. The van der Waals surface area contributed by atoms with Crippen molar-refractivity contribution in [3.8, 4) is 22.5 Å². The number of benzene rings is 4. The second-order valence-electron chi connectivity index (χ2n) is 8.84. The van der Waals surface area contributed by atoms with Crippen molar-refractivity contribution in [1.29, 1.82) is 0 Å². The van der Waals surface area contributed by atoms with Gasteiger partial charge in [0.15, 0.2) is 5.54 Å². The van der Waals surface area contributed by atoms with Gasteiger partial charge in [-0.15, -0.1) is 26.3 Å². The van der Waals surface area contributed by atoms with Crippen molar-refractivity contribution in [2.24, 2.45) is 0 Å². The largest absolute Gasteiger partial charge is 0.207 e. The van der Waals surface area contributed by atoms with Crippen LogP contribution in [0.15, 0.2) is 124 Å². The van der Waals surface area contributed by atoms with Crippen molar-refractivity contribution < 1.29 is 0 Å². The molecule has 2 aromatic heterocycles. The normalized spacial score (nSPS) is 11.5. The number of hydrogen-bond donors (Lipinski definition) is 0. The SMILES string of the molecule is BrCc1ccc(-c2csc(Br)c2-c2nnn(C(c3ccccc3)(c3ccccc3)c3ccccc3)n2)cc1. The van der Waals surface area contributed by atoms with Gasteiger partial charge in [0, 0.05) is 16.3 Å². The average molecular weight is 642 g/mol. The fourth-order valence-electron chi connectivity index (χ4n) is 4.87. The Kier molecular flexibility index (Phi) is 7.06. The van der Waals surface area contributed by atoms with Gasteiger partial charge in [-0.3, -0.25) is 0 Å². The van der Waals surface area contributed by atoms with Gasteiger partial charge < -0.3 is 0 Å². The lowest BCUT2D eigenvalue weighted by molar-refractivity contribution is 0.396. The Hall–Kier alpha value is -3.39. The number of alkyl halides is 1. The van der Waals surface area contributed by atoms with Gasteiger partial charge in [-0.25, -0.2) is 0 Å². The van der Waals surface area contributed by atoms with Crippen molar-refractivity contribution in [2.75, 3.05) is 0 Å².